The van der Waals surface area contributed by atoms with Crippen LogP contribution in [0.25, 0.3) is 0 Å². The number of carbonyl (C=O) groups is 5. The summed E-state index contributed by atoms with van der Waals surface area (Å²) in [5.74, 6) is -9.91. The van der Waals surface area contributed by atoms with E-state index in [2.05, 4.69) is 10.6 Å². The highest BCUT2D eigenvalue weighted by atomic mass is 16.3. The maximum Gasteiger partial charge on any atom is 0.319 e. The Balaban J connectivity index is 1.87. The van der Waals surface area contributed by atoms with Gasteiger partial charge in [-0.1, -0.05) is 0 Å². The fourth-order valence-electron chi connectivity index (χ4n) is 6.69. The van der Waals surface area contributed by atoms with Gasteiger partial charge in [-0.05, 0) is 51.4 Å². The third-order valence-electron chi connectivity index (χ3n) is 8.33. The molecule has 0 aromatic heterocycles. The van der Waals surface area contributed by atoms with Gasteiger partial charge in [0.05, 0.1) is 23.3 Å². The first-order chi connectivity index (χ1) is 18.2. The predicted molar refractivity (Wildman–Crippen MR) is 139 cm³/mol. The second kappa shape index (κ2) is 9.88. The third kappa shape index (κ3) is 4.15. The Morgan fingerprint density at radius 2 is 1.79 bits per heavy atom. The zero-order valence-corrected chi connectivity index (χ0v) is 22.5. The van der Waals surface area contributed by atoms with Gasteiger partial charge in [0.1, 0.15) is 11.7 Å². The summed E-state index contributed by atoms with van der Waals surface area (Å²) >= 11 is 0. The van der Waals surface area contributed by atoms with E-state index in [1.807, 2.05) is 0 Å². The van der Waals surface area contributed by atoms with Crippen LogP contribution in [0.5, 0.6) is 5.75 Å². The Hall–Kier alpha value is -3.55. The number of primary amides is 1. The number of amides is 3. The summed E-state index contributed by atoms with van der Waals surface area (Å²) < 4.78 is 0. The molecule has 39 heavy (non-hydrogen) atoms. The molecule has 3 aliphatic rings. The molecule has 0 radical (unpaired) electrons. The highest BCUT2D eigenvalue weighted by molar-refractivity contribution is 6.26. The first kappa shape index (κ1) is 28.5. The monoisotopic (exact) mass is 545 g/mol. The second-order valence-electron chi connectivity index (χ2n) is 11.0. The number of ketones is 3. The lowest BCUT2D eigenvalue weighted by Crippen LogP contribution is -2.75. The molecule has 3 unspecified atom stereocenters. The van der Waals surface area contributed by atoms with Gasteiger partial charge in [-0.2, -0.15) is 0 Å². The van der Waals surface area contributed by atoms with Crippen LogP contribution in [0.4, 0.5) is 16.2 Å². The minimum absolute atomic E-state index is 0.0156. The van der Waals surface area contributed by atoms with E-state index in [1.165, 1.54) is 11.0 Å². The van der Waals surface area contributed by atoms with E-state index in [1.54, 1.807) is 40.0 Å². The molecule has 4 rings (SSSR count). The lowest BCUT2D eigenvalue weighted by molar-refractivity contribution is -0.190. The molecular formula is C26H35N5O8. The van der Waals surface area contributed by atoms with Crippen LogP contribution in [0.2, 0.25) is 0 Å². The summed E-state index contributed by atoms with van der Waals surface area (Å²) in [4.78, 5) is 68.9. The number of aliphatic hydroxyl groups is 2. The quantitative estimate of drug-likeness (QED) is 0.194. The molecule has 0 heterocycles. The highest BCUT2D eigenvalue weighted by Crippen LogP contribution is 2.53. The number of aliphatic hydroxyl groups excluding tert-OH is 1. The van der Waals surface area contributed by atoms with E-state index in [9.17, 15) is 39.3 Å². The standard InChI is InChI=1S/C26H35N5O8/c1-6-28-25(38)29-13-9-14(30(2)3)11-7-10-8-12-18(31(4)5)21(34)17(24(27)37)23(36)26(12,39)22(35)15(10)20(33)16(11)19(13)32/h9-10,12,15,17-18,21,32,34,39H,6-8H2,1-5H3,(H2,27,37)(H2,28,29,38)/t10-,12-,15?,17?,18-,21?,26-/m1/s1. The average molecular weight is 546 g/mol. The molecule has 0 bridgehead atoms. The van der Waals surface area contributed by atoms with Crippen molar-refractivity contribution in [2.24, 2.45) is 29.4 Å². The number of anilines is 2. The lowest BCUT2D eigenvalue weighted by Gasteiger charge is -2.55. The van der Waals surface area contributed by atoms with Crippen LogP contribution in [-0.2, 0) is 20.8 Å². The van der Waals surface area contributed by atoms with Gasteiger partial charge in [0, 0.05) is 38.3 Å². The number of nitrogens with zero attached hydrogens (tertiary/aromatic N) is 2. The zero-order chi connectivity index (χ0) is 29.1. The van der Waals surface area contributed by atoms with E-state index in [0.717, 1.165) is 0 Å². The second-order valence-corrected chi connectivity index (χ2v) is 11.0. The molecule has 0 saturated heterocycles. The largest absolute Gasteiger partial charge is 0.505 e. The zero-order valence-electron chi connectivity index (χ0n) is 22.5. The number of Topliss-reactive ketones (excluding diaryl/α,β-unsaturated/α-hetero) is 3. The topological polar surface area (TPSA) is 203 Å². The molecule has 0 spiro atoms. The number of likely N-dealkylation sites (N-methyl/N-ethyl adjacent to an activating group) is 1. The van der Waals surface area contributed by atoms with Crippen molar-refractivity contribution >= 4 is 40.7 Å². The van der Waals surface area contributed by atoms with Crippen LogP contribution < -0.4 is 21.3 Å². The Kier molecular flexibility index (Phi) is 7.21. The molecule has 2 saturated carbocycles. The summed E-state index contributed by atoms with van der Waals surface area (Å²) in [6.07, 6.45) is -1.40. The van der Waals surface area contributed by atoms with Gasteiger partial charge in [0.25, 0.3) is 0 Å². The average Bonchev–Trinajstić information content (AvgIpc) is 2.82. The molecule has 212 valence electrons. The summed E-state index contributed by atoms with van der Waals surface area (Å²) in [5.41, 5.74) is 3.43. The fraction of sp³-hybridized carbons (Fsp3) is 0.577. The molecule has 7 N–H and O–H groups in total. The van der Waals surface area contributed by atoms with E-state index < -0.39 is 76.5 Å². The number of hydrogen-bond acceptors (Lipinski definition) is 10. The van der Waals surface area contributed by atoms with Gasteiger partial charge in [0.2, 0.25) is 5.91 Å². The summed E-state index contributed by atoms with van der Waals surface area (Å²) in [6.45, 7) is 2.03. The molecule has 7 atom stereocenters. The van der Waals surface area contributed by atoms with E-state index in [4.69, 9.17) is 5.73 Å². The maximum absolute atomic E-state index is 14.0. The summed E-state index contributed by atoms with van der Waals surface area (Å²) in [7, 11) is 6.63. The molecular weight excluding hydrogens is 510 g/mol. The summed E-state index contributed by atoms with van der Waals surface area (Å²) in [5, 5.41) is 38.8. The molecule has 3 amide bonds. The van der Waals surface area contributed by atoms with Crippen molar-refractivity contribution in [3.05, 3.63) is 17.2 Å². The fourth-order valence-corrected chi connectivity index (χ4v) is 6.69. The van der Waals surface area contributed by atoms with Crippen LogP contribution >= 0.6 is 0 Å². The van der Waals surface area contributed by atoms with Crippen LogP contribution in [0, 0.1) is 23.7 Å². The maximum atomic E-state index is 14.0. The summed E-state index contributed by atoms with van der Waals surface area (Å²) in [6, 6.07) is -0.0496. The molecule has 1 aromatic carbocycles. The van der Waals surface area contributed by atoms with Crippen molar-refractivity contribution in [1.29, 1.82) is 0 Å². The number of rotatable bonds is 5. The van der Waals surface area contributed by atoms with Crippen molar-refractivity contribution in [1.82, 2.24) is 10.2 Å². The van der Waals surface area contributed by atoms with Crippen LogP contribution in [0.15, 0.2) is 6.07 Å². The number of fused-ring (bicyclic) bond motifs is 3. The number of phenols is 1. The first-order valence-electron chi connectivity index (χ1n) is 12.8. The Morgan fingerprint density at radius 3 is 2.33 bits per heavy atom. The van der Waals surface area contributed by atoms with Gasteiger partial charge in [0.15, 0.2) is 23.0 Å². The van der Waals surface area contributed by atoms with Gasteiger partial charge < -0.3 is 41.5 Å². The van der Waals surface area contributed by atoms with E-state index >= 15 is 0 Å². The van der Waals surface area contributed by atoms with Crippen molar-refractivity contribution in [2.45, 2.75) is 37.5 Å². The Morgan fingerprint density at radius 1 is 1.15 bits per heavy atom. The normalized spacial score (nSPS) is 31.7. The number of nitrogens with one attached hydrogen (secondary N) is 2. The van der Waals surface area contributed by atoms with Crippen molar-refractivity contribution in [3.8, 4) is 5.75 Å². The molecule has 0 aliphatic heterocycles. The minimum atomic E-state index is -2.74. The third-order valence-corrected chi connectivity index (χ3v) is 8.33. The van der Waals surface area contributed by atoms with Gasteiger partial charge in [-0.25, -0.2) is 4.79 Å². The van der Waals surface area contributed by atoms with Gasteiger partial charge in [-0.3, -0.25) is 19.2 Å². The van der Waals surface area contributed by atoms with Crippen molar-refractivity contribution in [2.75, 3.05) is 45.0 Å². The first-order valence-corrected chi connectivity index (χ1v) is 12.8. The number of hydrogen-bond donors (Lipinski definition) is 6. The predicted octanol–water partition coefficient (Wildman–Crippen LogP) is -1.13. The highest BCUT2D eigenvalue weighted by Gasteiger charge is 2.69. The molecule has 3 aliphatic carbocycles. The molecule has 2 fully saturated rings. The lowest BCUT2D eigenvalue weighted by atomic mass is 9.52. The minimum Gasteiger partial charge on any atom is -0.505 e. The Bertz CT molecular complexity index is 1260. The number of nitrogens with two attached hydrogens (primary N) is 1. The number of phenolic OH excluding ortho intramolecular Hbond substituents is 1. The smallest absolute Gasteiger partial charge is 0.319 e. The van der Waals surface area contributed by atoms with Crippen LogP contribution in [-0.4, -0.2) is 102 Å². The number of carbonyl (C=O) groups excluding carboxylic acids is 5. The van der Waals surface area contributed by atoms with Gasteiger partial charge in [-0.15, -0.1) is 0 Å². The van der Waals surface area contributed by atoms with Crippen molar-refractivity contribution < 1.29 is 39.3 Å². The van der Waals surface area contributed by atoms with E-state index in [0.29, 0.717) is 17.8 Å². The van der Waals surface area contributed by atoms with E-state index in [-0.39, 0.29) is 24.1 Å². The number of aromatic hydroxyl groups is 1. The Labute approximate surface area is 225 Å². The number of urea groups is 1. The molecule has 13 heteroatoms. The van der Waals surface area contributed by atoms with Crippen molar-refractivity contribution in [3.63, 3.8) is 0 Å². The molecule has 1 aromatic rings. The van der Waals surface area contributed by atoms with Gasteiger partial charge >= 0.3 is 6.03 Å². The molecule has 13 nitrogen and oxygen atoms in total. The van der Waals surface area contributed by atoms with Crippen LogP contribution in [0.1, 0.15) is 29.3 Å². The SMILES string of the molecule is CCNC(=O)Nc1cc(N(C)C)c2c(c1O)C(=O)C1C(=O)[C@@]3(O)C(=O)C(C(N)=O)C(O)[C@H](N(C)C)[C@H]3C[C@H]1C2. The number of benzene rings is 1. The van der Waals surface area contributed by atoms with Crippen LogP contribution in [0.3, 0.4) is 0 Å².